The molecule has 0 radical (unpaired) electrons. The predicted molar refractivity (Wildman–Crippen MR) is 116 cm³/mol. The standard InChI is InChI=1S/C20H25N5O6S/c1-4-5-14-17-18(25(2)23-14)19(27)22-16(21-17)10-12-6-8-13(9-7-12)32(29,30)24-15(11-26)20(28)31-3/h6-9,15,24,26H,4-5,10-11H2,1-3H3,(H,21,22,27)/t15-/m0/s1. The molecule has 0 fully saturated rings. The first kappa shape index (κ1) is 23.6. The molecule has 0 unspecified atom stereocenters. The van der Waals surface area contributed by atoms with Gasteiger partial charge in [0.1, 0.15) is 17.4 Å². The second-order valence-corrected chi connectivity index (χ2v) is 8.94. The van der Waals surface area contributed by atoms with Gasteiger partial charge in [0.2, 0.25) is 10.0 Å². The summed E-state index contributed by atoms with van der Waals surface area (Å²) in [6.07, 6.45) is 1.85. The average molecular weight is 464 g/mol. The SMILES string of the molecule is CCCc1nn(C)c2c(=O)[nH]c(Cc3ccc(S(=O)(=O)N[C@@H](CO)C(=O)OC)cc3)nc12. The summed E-state index contributed by atoms with van der Waals surface area (Å²) in [7, 11) is -1.26. The number of esters is 1. The molecule has 0 saturated carbocycles. The molecule has 0 amide bonds. The number of rotatable bonds is 9. The average Bonchev–Trinajstić information content (AvgIpc) is 3.07. The third-order valence-corrected chi connectivity index (χ3v) is 6.36. The Balaban J connectivity index is 1.84. The molecule has 0 spiro atoms. The van der Waals surface area contributed by atoms with Gasteiger partial charge in [-0.05, 0) is 24.1 Å². The number of aliphatic hydroxyl groups is 1. The maximum Gasteiger partial charge on any atom is 0.326 e. The van der Waals surface area contributed by atoms with E-state index in [1.54, 1.807) is 19.2 Å². The zero-order valence-electron chi connectivity index (χ0n) is 18.0. The van der Waals surface area contributed by atoms with E-state index in [2.05, 4.69) is 24.5 Å². The highest BCUT2D eigenvalue weighted by molar-refractivity contribution is 7.89. The lowest BCUT2D eigenvalue weighted by Gasteiger charge is -2.14. The molecule has 2 heterocycles. The lowest BCUT2D eigenvalue weighted by atomic mass is 10.1. The van der Waals surface area contributed by atoms with E-state index in [1.807, 2.05) is 6.92 Å². The van der Waals surface area contributed by atoms with E-state index < -0.39 is 28.6 Å². The Kier molecular flexibility index (Phi) is 7.06. The maximum absolute atomic E-state index is 12.5. The Bertz CT molecular complexity index is 1280. The molecular formula is C20H25N5O6S. The summed E-state index contributed by atoms with van der Waals surface area (Å²) in [5.74, 6) is -0.455. The van der Waals surface area contributed by atoms with Crippen molar-refractivity contribution in [1.29, 1.82) is 0 Å². The lowest BCUT2D eigenvalue weighted by molar-refractivity contribution is -0.143. The number of hydrogen-bond acceptors (Lipinski definition) is 8. The van der Waals surface area contributed by atoms with Gasteiger partial charge in [-0.25, -0.2) is 13.4 Å². The number of benzene rings is 1. The number of fused-ring (bicyclic) bond motifs is 1. The molecule has 1 aromatic carbocycles. The molecule has 11 nitrogen and oxygen atoms in total. The molecule has 32 heavy (non-hydrogen) atoms. The van der Waals surface area contributed by atoms with E-state index in [4.69, 9.17) is 0 Å². The minimum Gasteiger partial charge on any atom is -0.468 e. The van der Waals surface area contributed by atoms with Gasteiger partial charge in [0.05, 0.1) is 24.3 Å². The van der Waals surface area contributed by atoms with Crippen LogP contribution in [-0.2, 0) is 39.4 Å². The minimum atomic E-state index is -4.06. The quantitative estimate of drug-likeness (QED) is 0.375. The van der Waals surface area contributed by atoms with E-state index in [0.29, 0.717) is 23.3 Å². The normalized spacial score (nSPS) is 12.8. The van der Waals surface area contributed by atoms with E-state index in [-0.39, 0.29) is 16.9 Å². The van der Waals surface area contributed by atoms with Gasteiger partial charge in [-0.15, -0.1) is 0 Å². The number of aromatic amines is 1. The number of nitrogens with one attached hydrogen (secondary N) is 2. The van der Waals surface area contributed by atoms with Gasteiger partial charge in [-0.1, -0.05) is 25.5 Å². The molecule has 3 rings (SSSR count). The van der Waals surface area contributed by atoms with Crippen molar-refractivity contribution in [3.63, 3.8) is 0 Å². The molecule has 12 heteroatoms. The van der Waals surface area contributed by atoms with Crippen LogP contribution >= 0.6 is 0 Å². The van der Waals surface area contributed by atoms with Crippen LogP contribution in [0.25, 0.3) is 11.0 Å². The molecule has 0 aliphatic heterocycles. The van der Waals surface area contributed by atoms with Crippen LogP contribution in [0, 0.1) is 0 Å². The Labute approximate surface area is 184 Å². The molecule has 3 aromatic rings. The Hall–Kier alpha value is -3.09. The maximum atomic E-state index is 12.5. The van der Waals surface area contributed by atoms with Crippen LogP contribution in [0.1, 0.15) is 30.4 Å². The van der Waals surface area contributed by atoms with Gasteiger partial charge in [-0.2, -0.15) is 9.82 Å². The molecule has 3 N–H and O–H groups in total. The highest BCUT2D eigenvalue weighted by atomic mass is 32.2. The fraction of sp³-hybridized carbons (Fsp3) is 0.400. The number of hydrogen-bond donors (Lipinski definition) is 3. The second kappa shape index (κ2) is 9.59. The van der Waals surface area contributed by atoms with Crippen LogP contribution in [0.4, 0.5) is 0 Å². The molecule has 0 aliphatic rings. The molecule has 0 aliphatic carbocycles. The van der Waals surface area contributed by atoms with Crippen LogP contribution in [0.3, 0.4) is 0 Å². The number of nitrogens with zero attached hydrogens (tertiary/aromatic N) is 3. The third kappa shape index (κ3) is 4.87. The van der Waals surface area contributed by atoms with E-state index >= 15 is 0 Å². The summed E-state index contributed by atoms with van der Waals surface area (Å²) >= 11 is 0. The van der Waals surface area contributed by atoms with Gasteiger partial charge in [0.15, 0.2) is 5.52 Å². The molecule has 0 saturated heterocycles. The van der Waals surface area contributed by atoms with E-state index in [9.17, 15) is 23.1 Å². The van der Waals surface area contributed by atoms with Crippen molar-refractivity contribution in [2.75, 3.05) is 13.7 Å². The number of ether oxygens (including phenoxy) is 1. The lowest BCUT2D eigenvalue weighted by Crippen LogP contribution is -2.43. The van der Waals surface area contributed by atoms with Crippen LogP contribution in [0.2, 0.25) is 0 Å². The van der Waals surface area contributed by atoms with Crippen molar-refractivity contribution >= 4 is 27.0 Å². The number of carbonyl (C=O) groups is 1. The number of aryl methyl sites for hydroxylation is 2. The van der Waals surface area contributed by atoms with Crippen molar-refractivity contribution in [3.8, 4) is 0 Å². The number of methoxy groups -OCH3 is 1. The monoisotopic (exact) mass is 463 g/mol. The first-order valence-corrected chi connectivity index (χ1v) is 11.4. The Morgan fingerprint density at radius 2 is 2.00 bits per heavy atom. The topological polar surface area (TPSA) is 156 Å². The number of carbonyl (C=O) groups excluding carboxylic acids is 1. The van der Waals surface area contributed by atoms with Crippen molar-refractivity contribution in [1.82, 2.24) is 24.5 Å². The van der Waals surface area contributed by atoms with Gasteiger partial charge < -0.3 is 14.8 Å². The summed E-state index contributed by atoms with van der Waals surface area (Å²) in [5.41, 5.74) is 2.17. The number of sulfonamides is 1. The molecule has 2 aromatic heterocycles. The number of H-pyrrole nitrogens is 1. The van der Waals surface area contributed by atoms with Crippen LogP contribution in [-0.4, -0.2) is 59.0 Å². The first-order valence-electron chi connectivity index (χ1n) is 9.94. The first-order chi connectivity index (χ1) is 15.2. The second-order valence-electron chi connectivity index (χ2n) is 7.23. The molecular weight excluding hydrogens is 438 g/mol. The van der Waals surface area contributed by atoms with Gasteiger partial charge >= 0.3 is 5.97 Å². The van der Waals surface area contributed by atoms with Crippen molar-refractivity contribution in [2.45, 2.75) is 37.1 Å². The molecule has 172 valence electrons. The number of aromatic nitrogens is 4. The van der Waals surface area contributed by atoms with Crippen LogP contribution < -0.4 is 10.3 Å². The Morgan fingerprint density at radius 1 is 1.31 bits per heavy atom. The summed E-state index contributed by atoms with van der Waals surface area (Å²) in [5, 5.41) is 13.6. The summed E-state index contributed by atoms with van der Waals surface area (Å²) in [4.78, 5) is 31.3. The largest absolute Gasteiger partial charge is 0.468 e. The summed E-state index contributed by atoms with van der Waals surface area (Å²) in [6.45, 7) is 1.28. The smallest absolute Gasteiger partial charge is 0.326 e. The predicted octanol–water partition coefficient (Wildman–Crippen LogP) is 0.0121. The third-order valence-electron chi connectivity index (χ3n) is 4.87. The zero-order valence-corrected chi connectivity index (χ0v) is 18.8. The summed E-state index contributed by atoms with van der Waals surface area (Å²) in [6, 6.07) is 4.50. The number of aliphatic hydroxyl groups excluding tert-OH is 1. The van der Waals surface area contributed by atoms with Gasteiger partial charge in [0, 0.05) is 13.5 Å². The summed E-state index contributed by atoms with van der Waals surface area (Å²) < 4.78 is 33.1. The molecule has 0 bridgehead atoms. The Morgan fingerprint density at radius 3 is 2.59 bits per heavy atom. The van der Waals surface area contributed by atoms with Crippen LogP contribution in [0.15, 0.2) is 34.0 Å². The van der Waals surface area contributed by atoms with Crippen molar-refractivity contribution < 1.29 is 23.1 Å². The van der Waals surface area contributed by atoms with E-state index in [0.717, 1.165) is 24.8 Å². The molecule has 1 atom stereocenters. The zero-order chi connectivity index (χ0) is 23.5. The minimum absolute atomic E-state index is 0.0852. The fourth-order valence-corrected chi connectivity index (χ4v) is 4.50. The van der Waals surface area contributed by atoms with Crippen LogP contribution in [0.5, 0.6) is 0 Å². The van der Waals surface area contributed by atoms with Gasteiger partial charge in [-0.3, -0.25) is 14.3 Å². The van der Waals surface area contributed by atoms with Gasteiger partial charge in [0.25, 0.3) is 5.56 Å². The van der Waals surface area contributed by atoms with Crippen molar-refractivity contribution in [3.05, 3.63) is 51.7 Å². The van der Waals surface area contributed by atoms with Crippen molar-refractivity contribution in [2.24, 2.45) is 7.05 Å². The van der Waals surface area contributed by atoms with E-state index in [1.165, 1.54) is 16.8 Å². The highest BCUT2D eigenvalue weighted by Gasteiger charge is 2.25. The highest BCUT2D eigenvalue weighted by Crippen LogP contribution is 2.16. The fourth-order valence-electron chi connectivity index (χ4n) is 3.32.